The Hall–Kier alpha value is -1.73. The second-order valence-corrected chi connectivity index (χ2v) is 8.85. The lowest BCUT2D eigenvalue weighted by atomic mass is 10.2. The highest BCUT2D eigenvalue weighted by Crippen LogP contribution is 2.26. The van der Waals surface area contributed by atoms with Crippen LogP contribution in [0.3, 0.4) is 0 Å². The third-order valence-electron chi connectivity index (χ3n) is 3.96. The number of rotatable bonds is 6. The Morgan fingerprint density at radius 1 is 1.04 bits per heavy atom. The van der Waals surface area contributed by atoms with Crippen LogP contribution in [0.25, 0.3) is 10.9 Å². The van der Waals surface area contributed by atoms with Gasteiger partial charge in [-0.3, -0.25) is 4.72 Å². The number of nitrogens with zero attached hydrogens (tertiary/aromatic N) is 2. The van der Waals surface area contributed by atoms with Gasteiger partial charge in [-0.25, -0.2) is 8.42 Å². The number of aromatic nitrogens is 1. The topological polar surface area (TPSA) is 54.3 Å². The normalized spacial score (nSPS) is 12.0. The summed E-state index contributed by atoms with van der Waals surface area (Å²) < 4.78 is 29.9. The Labute approximate surface area is 163 Å². The van der Waals surface area contributed by atoms with Crippen LogP contribution in [0.5, 0.6) is 0 Å². The van der Waals surface area contributed by atoms with Crippen LogP contribution in [-0.2, 0) is 16.6 Å². The standard InChI is InChI=1S/C18H19Cl2N3O2S/c1-22(2)7-8-23-6-5-13-9-16(3-4-18(13)23)21-26(24,25)17-11-14(19)10-15(20)12-17/h3-6,9-12,21H,7-8H2,1-2H3. The number of fused-ring (bicyclic) bond motifs is 1. The smallest absolute Gasteiger partial charge is 0.261 e. The first-order valence-electron chi connectivity index (χ1n) is 7.97. The van der Waals surface area contributed by atoms with Crippen LogP contribution < -0.4 is 4.72 Å². The van der Waals surface area contributed by atoms with Gasteiger partial charge in [0, 0.05) is 45.9 Å². The van der Waals surface area contributed by atoms with Gasteiger partial charge in [-0.15, -0.1) is 0 Å². The van der Waals surface area contributed by atoms with E-state index in [-0.39, 0.29) is 14.9 Å². The molecule has 0 unspecified atom stereocenters. The molecule has 8 heteroatoms. The number of benzene rings is 2. The average Bonchev–Trinajstić information content (AvgIpc) is 2.94. The maximum Gasteiger partial charge on any atom is 0.261 e. The van der Waals surface area contributed by atoms with E-state index in [0.717, 1.165) is 24.0 Å². The van der Waals surface area contributed by atoms with E-state index >= 15 is 0 Å². The molecule has 1 aromatic heterocycles. The molecule has 1 N–H and O–H groups in total. The zero-order valence-electron chi connectivity index (χ0n) is 14.4. The fraction of sp³-hybridized carbons (Fsp3) is 0.222. The average molecular weight is 412 g/mol. The lowest BCUT2D eigenvalue weighted by molar-refractivity contribution is 0.387. The highest BCUT2D eigenvalue weighted by atomic mass is 35.5. The molecule has 3 aromatic rings. The molecule has 3 rings (SSSR count). The molecule has 0 atom stereocenters. The van der Waals surface area contributed by atoms with E-state index in [1.807, 2.05) is 38.5 Å². The third kappa shape index (κ3) is 4.32. The summed E-state index contributed by atoms with van der Waals surface area (Å²) in [7, 11) is 0.283. The predicted molar refractivity (Wildman–Crippen MR) is 108 cm³/mol. The summed E-state index contributed by atoms with van der Waals surface area (Å²) >= 11 is 11.8. The van der Waals surface area contributed by atoms with Crippen molar-refractivity contribution < 1.29 is 8.42 Å². The van der Waals surface area contributed by atoms with Gasteiger partial charge in [0.25, 0.3) is 10.0 Å². The first-order chi connectivity index (χ1) is 12.2. The van der Waals surface area contributed by atoms with Crippen LogP contribution in [0.1, 0.15) is 0 Å². The zero-order chi connectivity index (χ0) is 18.9. The number of hydrogen-bond acceptors (Lipinski definition) is 3. The third-order valence-corrected chi connectivity index (χ3v) is 5.75. The molecule has 138 valence electrons. The van der Waals surface area contributed by atoms with Gasteiger partial charge < -0.3 is 9.47 Å². The highest BCUT2D eigenvalue weighted by molar-refractivity contribution is 7.92. The number of anilines is 1. The van der Waals surface area contributed by atoms with Gasteiger partial charge in [-0.2, -0.15) is 0 Å². The Morgan fingerprint density at radius 2 is 1.73 bits per heavy atom. The van der Waals surface area contributed by atoms with Crippen molar-refractivity contribution in [1.82, 2.24) is 9.47 Å². The molecule has 5 nitrogen and oxygen atoms in total. The van der Waals surface area contributed by atoms with Crippen molar-refractivity contribution in [1.29, 1.82) is 0 Å². The monoisotopic (exact) mass is 411 g/mol. The van der Waals surface area contributed by atoms with E-state index in [4.69, 9.17) is 23.2 Å². The van der Waals surface area contributed by atoms with E-state index in [1.165, 1.54) is 18.2 Å². The predicted octanol–water partition coefficient (Wildman–Crippen LogP) is 4.31. The Balaban J connectivity index is 1.86. The second-order valence-electron chi connectivity index (χ2n) is 6.30. The van der Waals surface area contributed by atoms with E-state index in [0.29, 0.717) is 5.69 Å². The minimum atomic E-state index is -3.77. The van der Waals surface area contributed by atoms with Gasteiger partial charge in [-0.1, -0.05) is 23.2 Å². The summed E-state index contributed by atoms with van der Waals surface area (Å²) in [5, 5.41) is 1.51. The molecule has 1 heterocycles. The van der Waals surface area contributed by atoms with Crippen molar-refractivity contribution in [2.45, 2.75) is 11.4 Å². The van der Waals surface area contributed by atoms with Crippen LogP contribution >= 0.6 is 23.2 Å². The summed E-state index contributed by atoms with van der Waals surface area (Å²) in [6.45, 7) is 1.79. The molecule has 0 aliphatic carbocycles. The lowest BCUT2D eigenvalue weighted by Crippen LogP contribution is -2.17. The van der Waals surface area contributed by atoms with Gasteiger partial charge >= 0.3 is 0 Å². The minimum Gasteiger partial charge on any atom is -0.346 e. The van der Waals surface area contributed by atoms with Crippen LogP contribution in [-0.4, -0.2) is 38.5 Å². The summed E-state index contributed by atoms with van der Waals surface area (Å²) in [6, 6.07) is 11.7. The maximum atomic E-state index is 12.6. The van der Waals surface area contributed by atoms with Gasteiger partial charge in [0.05, 0.1) is 4.90 Å². The SMILES string of the molecule is CN(C)CCn1ccc2cc(NS(=O)(=O)c3cc(Cl)cc(Cl)c3)ccc21. The second kappa shape index (κ2) is 7.48. The lowest BCUT2D eigenvalue weighted by Gasteiger charge is -2.12. The highest BCUT2D eigenvalue weighted by Gasteiger charge is 2.16. The molecular formula is C18H19Cl2N3O2S. The number of likely N-dealkylation sites (N-methyl/N-ethyl adjacent to an activating group) is 1. The summed E-state index contributed by atoms with van der Waals surface area (Å²) in [5.41, 5.74) is 1.54. The van der Waals surface area contributed by atoms with Gasteiger partial charge in [0.2, 0.25) is 0 Å². The molecule has 0 fully saturated rings. The van der Waals surface area contributed by atoms with Crippen molar-refractivity contribution in [3.63, 3.8) is 0 Å². The molecular weight excluding hydrogens is 393 g/mol. The Kier molecular flexibility index (Phi) is 5.48. The van der Waals surface area contributed by atoms with Crippen molar-refractivity contribution in [2.75, 3.05) is 25.4 Å². The number of hydrogen-bond donors (Lipinski definition) is 1. The van der Waals surface area contributed by atoms with Crippen molar-refractivity contribution in [3.05, 3.63) is 58.7 Å². The minimum absolute atomic E-state index is 0.0265. The van der Waals surface area contributed by atoms with Gasteiger partial charge in [-0.05, 0) is 56.6 Å². The molecule has 0 bridgehead atoms. The van der Waals surface area contributed by atoms with Crippen LogP contribution in [0, 0.1) is 0 Å². The molecule has 0 aliphatic rings. The molecule has 2 aromatic carbocycles. The first-order valence-corrected chi connectivity index (χ1v) is 10.2. The van der Waals surface area contributed by atoms with Gasteiger partial charge in [0.15, 0.2) is 0 Å². The Morgan fingerprint density at radius 3 is 2.38 bits per heavy atom. The fourth-order valence-corrected chi connectivity index (χ4v) is 4.44. The Bertz CT molecular complexity index is 1030. The first kappa shape index (κ1) is 19.0. The molecule has 0 spiro atoms. The van der Waals surface area contributed by atoms with Crippen molar-refractivity contribution >= 4 is 49.8 Å². The van der Waals surface area contributed by atoms with E-state index in [9.17, 15) is 8.42 Å². The maximum absolute atomic E-state index is 12.6. The summed E-state index contributed by atoms with van der Waals surface area (Å²) in [4.78, 5) is 2.14. The summed E-state index contributed by atoms with van der Waals surface area (Å²) in [6.07, 6.45) is 2.00. The molecule has 0 radical (unpaired) electrons. The fourth-order valence-electron chi connectivity index (χ4n) is 2.66. The molecule has 0 saturated heterocycles. The van der Waals surface area contributed by atoms with Crippen molar-refractivity contribution in [2.24, 2.45) is 0 Å². The number of halogens is 2. The largest absolute Gasteiger partial charge is 0.346 e. The van der Waals surface area contributed by atoms with Gasteiger partial charge in [0.1, 0.15) is 0 Å². The molecule has 0 amide bonds. The van der Waals surface area contributed by atoms with Crippen molar-refractivity contribution in [3.8, 4) is 0 Å². The van der Waals surface area contributed by atoms with E-state index in [2.05, 4.69) is 14.2 Å². The van der Waals surface area contributed by atoms with Crippen LogP contribution in [0.2, 0.25) is 10.0 Å². The van der Waals surface area contributed by atoms with Crippen LogP contribution in [0.4, 0.5) is 5.69 Å². The van der Waals surface area contributed by atoms with E-state index in [1.54, 1.807) is 6.07 Å². The summed E-state index contributed by atoms with van der Waals surface area (Å²) in [5.74, 6) is 0. The van der Waals surface area contributed by atoms with Crippen LogP contribution in [0.15, 0.2) is 53.6 Å². The number of sulfonamides is 1. The zero-order valence-corrected chi connectivity index (χ0v) is 16.7. The molecule has 0 aliphatic heterocycles. The molecule has 26 heavy (non-hydrogen) atoms. The number of nitrogens with one attached hydrogen (secondary N) is 1. The quantitative estimate of drug-likeness (QED) is 0.657. The van der Waals surface area contributed by atoms with E-state index < -0.39 is 10.0 Å². The molecule has 0 saturated carbocycles.